The molecule has 0 radical (unpaired) electrons. The number of anilines is 1. The van der Waals surface area contributed by atoms with Crippen molar-refractivity contribution in [3.63, 3.8) is 0 Å². The Hall–Kier alpha value is -1.82. The molecule has 2 aromatic heterocycles. The predicted molar refractivity (Wildman–Crippen MR) is 67.2 cm³/mol. The van der Waals surface area contributed by atoms with Crippen LogP contribution in [-0.4, -0.2) is 23.0 Å². The van der Waals surface area contributed by atoms with E-state index in [0.717, 1.165) is 4.47 Å². The maximum Gasteiger partial charge on any atom is 0.272 e. The normalized spacial score (nSPS) is 10.0. The first-order valence-corrected chi connectivity index (χ1v) is 5.64. The Morgan fingerprint density at radius 2 is 2.41 bits per heavy atom. The van der Waals surface area contributed by atoms with Gasteiger partial charge in [-0.3, -0.25) is 4.79 Å². The maximum atomic E-state index is 11.8. The summed E-state index contributed by atoms with van der Waals surface area (Å²) >= 11 is 3.27. The summed E-state index contributed by atoms with van der Waals surface area (Å²) in [7, 11) is 1.50. The summed E-state index contributed by atoms with van der Waals surface area (Å²) in [4.78, 5) is 18.7. The molecular formula is C11H10BrN3O2. The summed E-state index contributed by atoms with van der Waals surface area (Å²) < 4.78 is 5.86. The van der Waals surface area contributed by atoms with Gasteiger partial charge >= 0.3 is 0 Å². The number of aromatic nitrogens is 2. The van der Waals surface area contributed by atoms with Gasteiger partial charge in [0.05, 0.1) is 7.11 Å². The molecule has 0 saturated carbocycles. The van der Waals surface area contributed by atoms with Crippen molar-refractivity contribution in [3.05, 3.63) is 40.8 Å². The topological polar surface area (TPSA) is 67.0 Å². The van der Waals surface area contributed by atoms with E-state index < -0.39 is 0 Å². The molecular weight excluding hydrogens is 286 g/mol. The number of rotatable bonds is 3. The van der Waals surface area contributed by atoms with Crippen LogP contribution < -0.4 is 10.1 Å². The molecule has 2 aromatic rings. The van der Waals surface area contributed by atoms with E-state index in [1.54, 1.807) is 30.6 Å². The predicted octanol–water partition coefficient (Wildman–Crippen LogP) is 2.43. The first kappa shape index (κ1) is 11.7. The smallest absolute Gasteiger partial charge is 0.272 e. The van der Waals surface area contributed by atoms with E-state index in [1.165, 1.54) is 7.11 Å². The molecule has 6 heteroatoms. The van der Waals surface area contributed by atoms with E-state index in [4.69, 9.17) is 4.74 Å². The van der Waals surface area contributed by atoms with Crippen LogP contribution in [0.4, 0.5) is 5.69 Å². The van der Waals surface area contributed by atoms with Crippen LogP contribution in [0.1, 0.15) is 10.5 Å². The largest absolute Gasteiger partial charge is 0.480 e. The van der Waals surface area contributed by atoms with Crippen LogP contribution in [0.5, 0.6) is 5.88 Å². The number of ether oxygens (including phenoxy) is 1. The number of halogens is 1. The number of carbonyl (C=O) groups excluding carboxylic acids is 1. The van der Waals surface area contributed by atoms with E-state index in [0.29, 0.717) is 17.3 Å². The third kappa shape index (κ3) is 2.65. The first-order chi connectivity index (χ1) is 8.20. The molecule has 2 rings (SSSR count). The van der Waals surface area contributed by atoms with Crippen LogP contribution in [0.3, 0.4) is 0 Å². The summed E-state index contributed by atoms with van der Waals surface area (Å²) in [5.41, 5.74) is 0.994. The molecule has 0 aliphatic carbocycles. The highest BCUT2D eigenvalue weighted by Gasteiger charge is 2.11. The standard InChI is InChI=1S/C11H10BrN3O2/c1-17-11-8(3-2-4-13-11)15-10(16)9-5-7(12)6-14-9/h2-6,14H,1H3,(H,15,16). The van der Waals surface area contributed by atoms with Crippen molar-refractivity contribution in [3.8, 4) is 5.88 Å². The fourth-order valence-electron chi connectivity index (χ4n) is 1.34. The van der Waals surface area contributed by atoms with E-state index >= 15 is 0 Å². The van der Waals surface area contributed by atoms with Crippen molar-refractivity contribution >= 4 is 27.5 Å². The number of amides is 1. The molecule has 0 atom stereocenters. The minimum Gasteiger partial charge on any atom is -0.480 e. The van der Waals surface area contributed by atoms with E-state index in [1.807, 2.05) is 0 Å². The van der Waals surface area contributed by atoms with Crippen LogP contribution in [0, 0.1) is 0 Å². The molecule has 0 saturated heterocycles. The molecule has 5 nitrogen and oxygen atoms in total. The fourth-order valence-corrected chi connectivity index (χ4v) is 1.68. The van der Waals surface area contributed by atoms with Crippen molar-refractivity contribution in [1.29, 1.82) is 0 Å². The minimum absolute atomic E-state index is 0.248. The Kier molecular flexibility index (Phi) is 3.43. The number of nitrogens with one attached hydrogen (secondary N) is 2. The lowest BCUT2D eigenvalue weighted by Crippen LogP contribution is -2.13. The number of methoxy groups -OCH3 is 1. The van der Waals surface area contributed by atoms with E-state index in [-0.39, 0.29) is 5.91 Å². The van der Waals surface area contributed by atoms with Crippen molar-refractivity contribution in [2.45, 2.75) is 0 Å². The van der Waals surface area contributed by atoms with Crippen molar-refractivity contribution in [1.82, 2.24) is 9.97 Å². The third-order valence-electron chi connectivity index (χ3n) is 2.11. The van der Waals surface area contributed by atoms with Gasteiger partial charge in [0.15, 0.2) is 0 Å². The second-order valence-electron chi connectivity index (χ2n) is 3.25. The van der Waals surface area contributed by atoms with Crippen LogP contribution in [-0.2, 0) is 0 Å². The fraction of sp³-hybridized carbons (Fsp3) is 0.0909. The van der Waals surface area contributed by atoms with Gasteiger partial charge in [0.25, 0.3) is 5.91 Å². The zero-order chi connectivity index (χ0) is 12.3. The molecule has 2 heterocycles. The Morgan fingerprint density at radius 3 is 3.06 bits per heavy atom. The monoisotopic (exact) mass is 295 g/mol. The van der Waals surface area contributed by atoms with Crippen LogP contribution in [0.15, 0.2) is 35.1 Å². The molecule has 2 N–H and O–H groups in total. The van der Waals surface area contributed by atoms with Gasteiger partial charge < -0.3 is 15.0 Å². The third-order valence-corrected chi connectivity index (χ3v) is 2.56. The lowest BCUT2D eigenvalue weighted by Gasteiger charge is -2.07. The Bertz CT molecular complexity index is 539. The molecule has 0 aliphatic rings. The number of aromatic amines is 1. The molecule has 0 bridgehead atoms. The van der Waals surface area contributed by atoms with E-state index in [9.17, 15) is 4.79 Å². The average Bonchev–Trinajstić information content (AvgIpc) is 2.77. The zero-order valence-electron chi connectivity index (χ0n) is 9.03. The second-order valence-corrected chi connectivity index (χ2v) is 4.16. The molecule has 1 amide bonds. The summed E-state index contributed by atoms with van der Waals surface area (Å²) in [6, 6.07) is 5.14. The highest BCUT2D eigenvalue weighted by molar-refractivity contribution is 9.10. The van der Waals surface area contributed by atoms with Crippen molar-refractivity contribution in [2.24, 2.45) is 0 Å². The molecule has 0 spiro atoms. The number of nitrogens with zero attached hydrogens (tertiary/aromatic N) is 1. The lowest BCUT2D eigenvalue weighted by atomic mass is 10.3. The maximum absolute atomic E-state index is 11.8. The molecule has 0 fully saturated rings. The molecule has 0 aromatic carbocycles. The quantitative estimate of drug-likeness (QED) is 0.914. The van der Waals surface area contributed by atoms with Gasteiger partial charge in [0.2, 0.25) is 5.88 Å². The molecule has 17 heavy (non-hydrogen) atoms. The number of pyridine rings is 1. The highest BCUT2D eigenvalue weighted by atomic mass is 79.9. The molecule has 0 aliphatic heterocycles. The Labute approximate surface area is 106 Å². The second kappa shape index (κ2) is 5.01. The lowest BCUT2D eigenvalue weighted by molar-refractivity contribution is 0.102. The Morgan fingerprint density at radius 1 is 1.59 bits per heavy atom. The van der Waals surface area contributed by atoms with E-state index in [2.05, 4.69) is 31.2 Å². The van der Waals surface area contributed by atoms with Gasteiger partial charge in [0, 0.05) is 16.9 Å². The van der Waals surface area contributed by atoms with Crippen LogP contribution in [0.2, 0.25) is 0 Å². The number of carbonyl (C=O) groups is 1. The van der Waals surface area contributed by atoms with Crippen molar-refractivity contribution < 1.29 is 9.53 Å². The molecule has 88 valence electrons. The zero-order valence-corrected chi connectivity index (χ0v) is 10.6. The van der Waals surface area contributed by atoms with Crippen LogP contribution in [0.25, 0.3) is 0 Å². The summed E-state index contributed by atoms with van der Waals surface area (Å²) in [6.07, 6.45) is 3.29. The van der Waals surface area contributed by atoms with Gasteiger partial charge in [-0.05, 0) is 34.1 Å². The summed E-state index contributed by atoms with van der Waals surface area (Å²) in [5, 5.41) is 2.71. The minimum atomic E-state index is -0.248. The van der Waals surface area contributed by atoms with Gasteiger partial charge in [-0.1, -0.05) is 0 Å². The summed E-state index contributed by atoms with van der Waals surface area (Å²) in [5.74, 6) is 0.133. The number of hydrogen-bond acceptors (Lipinski definition) is 3. The highest BCUT2D eigenvalue weighted by Crippen LogP contribution is 2.21. The average molecular weight is 296 g/mol. The Balaban J connectivity index is 2.18. The van der Waals surface area contributed by atoms with Crippen LogP contribution >= 0.6 is 15.9 Å². The van der Waals surface area contributed by atoms with Gasteiger partial charge in [-0.25, -0.2) is 4.98 Å². The van der Waals surface area contributed by atoms with Crippen molar-refractivity contribution in [2.75, 3.05) is 12.4 Å². The summed E-state index contributed by atoms with van der Waals surface area (Å²) in [6.45, 7) is 0. The SMILES string of the molecule is COc1ncccc1NC(=O)c1cc(Br)c[nH]1. The number of H-pyrrole nitrogens is 1. The first-order valence-electron chi connectivity index (χ1n) is 4.85. The van der Waals surface area contributed by atoms with Gasteiger partial charge in [-0.2, -0.15) is 0 Å². The van der Waals surface area contributed by atoms with Gasteiger partial charge in [-0.15, -0.1) is 0 Å². The van der Waals surface area contributed by atoms with Gasteiger partial charge in [0.1, 0.15) is 11.4 Å². The number of hydrogen-bond donors (Lipinski definition) is 2. The molecule has 0 unspecified atom stereocenters.